The second kappa shape index (κ2) is 57.4. The molecule has 0 rings (SSSR count). The maximum absolute atomic E-state index is 11.2. The van der Waals surface area contributed by atoms with Gasteiger partial charge in [-0.3, -0.25) is 47.9 Å². The van der Waals surface area contributed by atoms with Crippen LogP contribution < -0.4 is 0 Å². The summed E-state index contributed by atoms with van der Waals surface area (Å²) in [6.07, 6.45) is 8.13. The van der Waals surface area contributed by atoms with Gasteiger partial charge in [-0.25, -0.2) is 0 Å². The fraction of sp³-hybridized carbons (Fsp3) is 0.870. The van der Waals surface area contributed by atoms with E-state index in [9.17, 15) is 47.9 Å². The van der Waals surface area contributed by atoms with Crippen LogP contribution in [0.2, 0.25) is 0 Å². The highest BCUT2D eigenvalue weighted by molar-refractivity contribution is 5.87. The molecule has 0 unspecified atom stereocenters. The van der Waals surface area contributed by atoms with Crippen LogP contribution in [0.3, 0.4) is 0 Å². The summed E-state index contributed by atoms with van der Waals surface area (Å²) in [5, 5.41) is 0. The molecule has 0 atom stereocenters. The summed E-state index contributed by atoms with van der Waals surface area (Å²) < 4.78 is 23.7. The average molecular weight is 1320 g/mol. The summed E-state index contributed by atoms with van der Waals surface area (Å²) in [4.78, 5) is 110. The van der Waals surface area contributed by atoms with Gasteiger partial charge in [0.05, 0.1) is 31.2 Å². The Morgan fingerprint density at radius 2 is 0.533 bits per heavy atom. The van der Waals surface area contributed by atoms with Crippen molar-refractivity contribution >= 4 is 58.2 Å². The molecule has 15 nitrogen and oxygen atoms in total. The highest BCUT2D eigenvalue weighted by Crippen LogP contribution is 2.22. The Labute approximate surface area is 571 Å². The maximum atomic E-state index is 11.2. The topological polar surface area (TPSA) is 217 Å². The Balaban J connectivity index is -0.0000000772. The van der Waals surface area contributed by atoms with Crippen LogP contribution in [-0.2, 0) is 71.6 Å². The number of methoxy groups -OCH3 is 3. The van der Waals surface area contributed by atoms with E-state index in [4.69, 9.17) is 14.2 Å². The van der Waals surface area contributed by atoms with E-state index in [0.29, 0.717) is 68.0 Å². The van der Waals surface area contributed by atoms with Gasteiger partial charge < -0.3 is 23.7 Å². The molecule has 0 aromatic rings. The molecule has 15 heteroatoms. The van der Waals surface area contributed by atoms with Crippen molar-refractivity contribution < 1.29 is 71.6 Å². The minimum absolute atomic E-state index is 0. The number of ether oxygens (including phenoxy) is 5. The number of esters is 2. The van der Waals surface area contributed by atoms with Crippen LogP contribution in [0.15, 0.2) is 0 Å². The Hall–Kier alpha value is -3.82. The highest BCUT2D eigenvalue weighted by Gasteiger charge is 2.26. The van der Waals surface area contributed by atoms with Gasteiger partial charge in [0, 0.05) is 103 Å². The number of hydrogen-bond acceptors (Lipinski definition) is 15. The van der Waals surface area contributed by atoms with Crippen LogP contribution in [-0.4, -0.2) is 113 Å². The third kappa shape index (κ3) is 84.2. The van der Waals surface area contributed by atoms with Gasteiger partial charge in [0.1, 0.15) is 47.9 Å². The molecule has 0 bridgehead atoms. The van der Waals surface area contributed by atoms with Crippen molar-refractivity contribution in [1.82, 2.24) is 0 Å². The van der Waals surface area contributed by atoms with Crippen molar-refractivity contribution in [1.29, 1.82) is 0 Å². The first kappa shape index (κ1) is 115. The number of ketones is 8. The summed E-state index contributed by atoms with van der Waals surface area (Å²) in [6, 6.07) is 0. The van der Waals surface area contributed by atoms with Gasteiger partial charge >= 0.3 is 11.9 Å². The Kier molecular flexibility index (Phi) is 72.1. The van der Waals surface area contributed by atoms with E-state index < -0.39 is 0 Å². The Bertz CT molecular complexity index is 1670. The van der Waals surface area contributed by atoms with Crippen molar-refractivity contribution in [3.8, 4) is 0 Å². The van der Waals surface area contributed by atoms with Gasteiger partial charge in [0.2, 0.25) is 0 Å². The van der Waals surface area contributed by atoms with Crippen LogP contribution in [0.5, 0.6) is 0 Å². The number of hydrogen-bond donors (Lipinski definition) is 0. The summed E-state index contributed by atoms with van der Waals surface area (Å²) >= 11 is 0. The molecule has 0 heterocycles. The monoisotopic (exact) mass is 1320 g/mol. The number of unbranched alkanes of at least 4 members (excludes halogenated alkanes) is 1. The third-order valence-corrected chi connectivity index (χ3v) is 12.0. The number of carbonyl (C=O) groups is 10. The molecule has 0 spiro atoms. The molecule has 0 fully saturated rings. The van der Waals surface area contributed by atoms with Gasteiger partial charge in [-0.05, 0) is 74.7 Å². The van der Waals surface area contributed by atoms with Crippen molar-refractivity contribution in [2.75, 3.05) is 54.4 Å². The van der Waals surface area contributed by atoms with Crippen molar-refractivity contribution in [2.24, 2.45) is 54.1 Å². The number of rotatable bonds is 18. The number of carbonyl (C=O) groups excluding carboxylic acids is 10. The fourth-order valence-corrected chi connectivity index (χ4v) is 4.96. The van der Waals surface area contributed by atoms with Crippen LogP contribution in [0.4, 0.5) is 0 Å². The predicted molar refractivity (Wildman–Crippen MR) is 392 cm³/mol. The van der Waals surface area contributed by atoms with Gasteiger partial charge in [-0.2, -0.15) is 0 Å². The first-order chi connectivity index (χ1) is 39.8. The minimum atomic E-state index is -0.352. The zero-order valence-corrected chi connectivity index (χ0v) is 66.7. The van der Waals surface area contributed by atoms with Crippen LogP contribution in [0.25, 0.3) is 0 Å². The molecule has 0 aromatic carbocycles. The SMILES string of the molecule is C.C.CCC(=O)C(C)(C)C.CCC(=O)C(C)(C)C.CCCC(=O)C(C)(C)C.CCCC(=O)C(C)(C)C.CCCCC(=O)C(C)(C)C.CCOC(=O)C(C)(C)C.CCOCC(=O)C(C)(C)C.COC(=O)C(C)(C)C.COCC(=O)C(C)(C)C.COCCC(=O)C(C)(C)C. The first-order valence-electron chi connectivity index (χ1n) is 32.9. The minimum Gasteiger partial charge on any atom is -0.469 e. The molecule has 556 valence electrons. The van der Waals surface area contributed by atoms with E-state index in [1.165, 1.54) is 14.2 Å². The summed E-state index contributed by atoms with van der Waals surface area (Å²) in [6.45, 7) is 73.2. The van der Waals surface area contributed by atoms with Crippen LogP contribution >= 0.6 is 0 Å². The first-order valence-corrected chi connectivity index (χ1v) is 32.9. The average Bonchev–Trinajstić information content (AvgIpc) is 3.48. The second-order valence-electron chi connectivity index (χ2n) is 32.2. The lowest BCUT2D eigenvalue weighted by Crippen LogP contribution is -2.24. The highest BCUT2D eigenvalue weighted by atomic mass is 16.5. The molecule has 0 N–H and O–H groups in total. The lowest BCUT2D eigenvalue weighted by atomic mass is 9.88. The molecular weight excluding hydrogens is 1160 g/mol. The standard InChI is InChI=1S/C9H18O.2C8H16O2.2C8H16O.2C7H14O2.2C7H14O.C6H12O2.2CH4/c1-5-6-7-8(10)9(2,3)4;1-8(2,3)7(9)5-6-10-4;1-5-10-6-7(9)8(2,3)4;2*1-5-6-7(9)8(2,3)4;1-7(2,3)6(8)5-9-4;1-5-9-6(8)7(2,3)4;2*1-5-6(8)7(2,3)4;1-6(2,3)5(7)8-4;;/h5-7H2,1-4H3;2*5-6H2,1-4H3;2*5-6H2,1-4H3;2*5H2,1-4H3;2*5H2,1-4H3;1-4H3;2*1H4. The molecule has 0 saturated carbocycles. The van der Waals surface area contributed by atoms with E-state index in [-0.39, 0.29) is 112 Å². The molecule has 92 heavy (non-hydrogen) atoms. The number of Topliss-reactive ketones (excluding diaryl/α,β-unsaturated/α-hetero) is 8. The van der Waals surface area contributed by atoms with E-state index in [1.54, 1.807) is 7.11 Å². The molecule has 0 aliphatic heterocycles. The largest absolute Gasteiger partial charge is 0.469 e. The van der Waals surface area contributed by atoms with Crippen molar-refractivity contribution in [3.63, 3.8) is 0 Å². The normalized spacial score (nSPS) is 11.2. The Morgan fingerprint density at radius 3 is 0.663 bits per heavy atom. The van der Waals surface area contributed by atoms with E-state index in [1.807, 2.05) is 249 Å². The molecule has 0 saturated heterocycles. The smallest absolute Gasteiger partial charge is 0.311 e. The van der Waals surface area contributed by atoms with E-state index >= 15 is 0 Å². The molecule has 0 aliphatic carbocycles. The zero-order chi connectivity index (χ0) is 74.9. The fourth-order valence-electron chi connectivity index (χ4n) is 4.96. The summed E-state index contributed by atoms with van der Waals surface area (Å²) in [5.41, 5.74) is -2.07. The molecule has 0 aromatic heterocycles. The van der Waals surface area contributed by atoms with E-state index in [2.05, 4.69) is 16.4 Å². The molecule has 0 aliphatic rings. The zero-order valence-electron chi connectivity index (χ0n) is 66.7. The predicted octanol–water partition coefficient (Wildman–Crippen LogP) is 20.2. The van der Waals surface area contributed by atoms with Gasteiger partial charge in [-0.15, -0.1) is 0 Å². The third-order valence-electron chi connectivity index (χ3n) is 12.0. The van der Waals surface area contributed by atoms with Crippen LogP contribution in [0, 0.1) is 54.1 Å². The lowest BCUT2D eigenvalue weighted by molar-refractivity contribution is -0.152. The molecular formula is C77H158O15. The second-order valence-corrected chi connectivity index (χ2v) is 32.2. The molecule has 0 amide bonds. The summed E-state index contributed by atoms with van der Waals surface area (Å²) in [7, 11) is 4.53. The van der Waals surface area contributed by atoms with Gasteiger partial charge in [0.15, 0.2) is 11.6 Å². The Morgan fingerprint density at radius 1 is 0.272 bits per heavy atom. The lowest BCUT2D eigenvalue weighted by Gasteiger charge is -2.15. The quantitative estimate of drug-likeness (QED) is 0.117. The molecule has 0 radical (unpaired) electrons. The van der Waals surface area contributed by atoms with E-state index in [0.717, 1.165) is 44.9 Å². The summed E-state index contributed by atoms with van der Waals surface area (Å²) in [5.74, 6) is 2.04. The maximum Gasteiger partial charge on any atom is 0.311 e. The van der Waals surface area contributed by atoms with Crippen LogP contribution in [0.1, 0.15) is 335 Å². The van der Waals surface area contributed by atoms with Crippen molar-refractivity contribution in [2.45, 2.75) is 335 Å². The van der Waals surface area contributed by atoms with Gasteiger partial charge in [-0.1, -0.05) is 222 Å². The van der Waals surface area contributed by atoms with Gasteiger partial charge in [0.25, 0.3) is 0 Å². The van der Waals surface area contributed by atoms with Crippen molar-refractivity contribution in [3.05, 3.63) is 0 Å².